The second-order valence-corrected chi connectivity index (χ2v) is 5.54. The van der Waals surface area contributed by atoms with E-state index in [9.17, 15) is 4.79 Å². The Morgan fingerprint density at radius 2 is 1.78 bits per heavy atom. The molecule has 2 N–H and O–H groups in total. The minimum Gasteiger partial charge on any atom is -0.373 e. The van der Waals surface area contributed by atoms with Crippen LogP contribution in [-0.4, -0.2) is 11.9 Å². The molecule has 0 radical (unpaired) electrons. The van der Waals surface area contributed by atoms with Crippen molar-refractivity contribution in [2.45, 2.75) is 46.2 Å². The predicted octanol–water partition coefficient (Wildman–Crippen LogP) is 4.06. The number of aryl methyl sites for hydroxylation is 2. The molecule has 0 spiro atoms. The molecular weight excluding hydrogens is 284 g/mol. The van der Waals surface area contributed by atoms with Crippen LogP contribution in [0.4, 0.5) is 5.69 Å². The lowest BCUT2D eigenvalue weighted by atomic mass is 10.0. The first-order valence-corrected chi connectivity index (χ1v) is 8.41. The maximum absolute atomic E-state index is 12.2. The van der Waals surface area contributed by atoms with Gasteiger partial charge in [-0.15, -0.1) is 0 Å². The number of carbonyl (C=O) groups excluding carboxylic acids is 1. The van der Waals surface area contributed by atoms with Crippen molar-refractivity contribution in [2.75, 3.05) is 5.32 Å². The zero-order valence-electron chi connectivity index (χ0n) is 14.2. The molecule has 23 heavy (non-hydrogen) atoms. The van der Waals surface area contributed by atoms with Gasteiger partial charge < -0.3 is 10.6 Å². The van der Waals surface area contributed by atoms with Crippen molar-refractivity contribution in [3.05, 3.63) is 65.2 Å². The Labute approximate surface area is 139 Å². The van der Waals surface area contributed by atoms with Crippen LogP contribution in [0.3, 0.4) is 0 Å². The molecule has 122 valence electrons. The SMILES string of the molecule is CC.Cc1cccc2c1CNC(=O)C(CCc1ccccc1)N2. The lowest BCUT2D eigenvalue weighted by molar-refractivity contribution is -0.122. The smallest absolute Gasteiger partial charge is 0.242 e. The molecule has 1 aliphatic rings. The molecule has 2 aromatic rings. The Kier molecular flexibility index (Phi) is 6.21. The second kappa shape index (κ2) is 8.37. The summed E-state index contributed by atoms with van der Waals surface area (Å²) in [5.74, 6) is 0.0848. The number of fused-ring (bicyclic) bond motifs is 1. The highest BCUT2D eigenvalue weighted by Gasteiger charge is 2.23. The average Bonchev–Trinajstić information content (AvgIpc) is 2.76. The van der Waals surface area contributed by atoms with Crippen LogP contribution in [0.2, 0.25) is 0 Å². The molecule has 0 fully saturated rings. The summed E-state index contributed by atoms with van der Waals surface area (Å²) in [6.45, 7) is 6.69. The number of benzene rings is 2. The maximum Gasteiger partial charge on any atom is 0.242 e. The van der Waals surface area contributed by atoms with E-state index >= 15 is 0 Å². The average molecular weight is 310 g/mol. The van der Waals surface area contributed by atoms with Gasteiger partial charge in [0.05, 0.1) is 0 Å². The van der Waals surface area contributed by atoms with E-state index in [1.807, 2.05) is 38.1 Å². The third-order valence-corrected chi connectivity index (χ3v) is 4.06. The topological polar surface area (TPSA) is 41.1 Å². The Bertz CT molecular complexity index is 637. The molecule has 3 rings (SSSR count). The van der Waals surface area contributed by atoms with Crippen molar-refractivity contribution in [1.82, 2.24) is 5.32 Å². The van der Waals surface area contributed by atoms with Crippen molar-refractivity contribution in [1.29, 1.82) is 0 Å². The third kappa shape index (κ3) is 4.35. The van der Waals surface area contributed by atoms with Gasteiger partial charge in [0.1, 0.15) is 6.04 Å². The molecule has 0 bridgehead atoms. The molecule has 3 heteroatoms. The van der Waals surface area contributed by atoms with E-state index in [0.717, 1.165) is 18.5 Å². The Morgan fingerprint density at radius 3 is 2.52 bits per heavy atom. The number of anilines is 1. The van der Waals surface area contributed by atoms with Crippen LogP contribution in [0.25, 0.3) is 0 Å². The van der Waals surface area contributed by atoms with Gasteiger partial charge in [0.2, 0.25) is 5.91 Å². The van der Waals surface area contributed by atoms with Crippen LogP contribution in [0, 0.1) is 6.92 Å². The summed E-state index contributed by atoms with van der Waals surface area (Å²) in [5, 5.41) is 6.43. The number of amides is 1. The van der Waals surface area contributed by atoms with Crippen LogP contribution in [-0.2, 0) is 17.8 Å². The predicted molar refractivity (Wildman–Crippen MR) is 96.5 cm³/mol. The van der Waals surface area contributed by atoms with E-state index in [1.54, 1.807) is 0 Å². The first-order valence-electron chi connectivity index (χ1n) is 8.41. The summed E-state index contributed by atoms with van der Waals surface area (Å²) in [6, 6.07) is 16.3. The number of nitrogens with one attached hydrogen (secondary N) is 2. The highest BCUT2D eigenvalue weighted by Crippen LogP contribution is 2.23. The van der Waals surface area contributed by atoms with E-state index in [0.29, 0.717) is 6.54 Å². The van der Waals surface area contributed by atoms with Gasteiger partial charge in [-0.3, -0.25) is 4.79 Å². The Hall–Kier alpha value is -2.29. The summed E-state index contributed by atoms with van der Waals surface area (Å²) < 4.78 is 0. The molecular formula is C20H26N2O. The molecule has 0 aromatic heterocycles. The van der Waals surface area contributed by atoms with Crippen molar-refractivity contribution < 1.29 is 4.79 Å². The first kappa shape index (κ1) is 17.1. The summed E-state index contributed by atoms with van der Waals surface area (Å²) in [5.41, 5.74) is 4.74. The lowest BCUT2D eigenvalue weighted by Crippen LogP contribution is -2.37. The monoisotopic (exact) mass is 310 g/mol. The summed E-state index contributed by atoms with van der Waals surface area (Å²) in [4.78, 5) is 12.2. The fraction of sp³-hybridized carbons (Fsp3) is 0.350. The van der Waals surface area contributed by atoms with Crippen LogP contribution >= 0.6 is 0 Å². The number of carbonyl (C=O) groups is 1. The standard InChI is InChI=1S/C18H20N2O.C2H6/c1-13-6-5-9-16-15(13)12-19-18(21)17(20-16)11-10-14-7-3-2-4-8-14;1-2/h2-9,17,20H,10-12H2,1H3,(H,19,21);1-2H3. The van der Waals surface area contributed by atoms with Gasteiger partial charge in [0.15, 0.2) is 0 Å². The van der Waals surface area contributed by atoms with E-state index < -0.39 is 0 Å². The fourth-order valence-corrected chi connectivity index (χ4v) is 2.78. The second-order valence-electron chi connectivity index (χ2n) is 5.54. The van der Waals surface area contributed by atoms with Crippen LogP contribution in [0.1, 0.15) is 37.0 Å². The molecule has 3 nitrogen and oxygen atoms in total. The van der Waals surface area contributed by atoms with E-state index in [4.69, 9.17) is 0 Å². The van der Waals surface area contributed by atoms with Crippen molar-refractivity contribution in [2.24, 2.45) is 0 Å². The zero-order chi connectivity index (χ0) is 16.7. The molecule has 1 atom stereocenters. The maximum atomic E-state index is 12.2. The van der Waals surface area contributed by atoms with Gasteiger partial charge in [-0.1, -0.05) is 56.3 Å². The fourth-order valence-electron chi connectivity index (χ4n) is 2.78. The Balaban J connectivity index is 0.000000924. The van der Waals surface area contributed by atoms with Gasteiger partial charge in [-0.25, -0.2) is 0 Å². The number of rotatable bonds is 3. The van der Waals surface area contributed by atoms with Crippen LogP contribution in [0.15, 0.2) is 48.5 Å². The molecule has 1 aliphatic heterocycles. The first-order chi connectivity index (χ1) is 11.2. The van der Waals surface area contributed by atoms with Gasteiger partial charge in [0, 0.05) is 12.2 Å². The van der Waals surface area contributed by atoms with Crippen molar-refractivity contribution in [3.8, 4) is 0 Å². The molecule has 1 amide bonds. The van der Waals surface area contributed by atoms with Crippen molar-refractivity contribution in [3.63, 3.8) is 0 Å². The minimum absolute atomic E-state index is 0.0848. The summed E-state index contributed by atoms with van der Waals surface area (Å²) >= 11 is 0. The van der Waals surface area contributed by atoms with Crippen molar-refractivity contribution >= 4 is 11.6 Å². The number of hydrogen-bond acceptors (Lipinski definition) is 2. The van der Waals surface area contributed by atoms with Crippen LogP contribution in [0.5, 0.6) is 0 Å². The molecule has 0 saturated heterocycles. The lowest BCUT2D eigenvalue weighted by Gasteiger charge is -2.16. The van der Waals surface area contributed by atoms with E-state index in [-0.39, 0.29) is 11.9 Å². The third-order valence-electron chi connectivity index (χ3n) is 4.06. The largest absolute Gasteiger partial charge is 0.373 e. The molecule has 0 saturated carbocycles. The van der Waals surface area contributed by atoms with E-state index in [1.165, 1.54) is 16.7 Å². The normalized spacial score (nSPS) is 16.1. The highest BCUT2D eigenvalue weighted by atomic mass is 16.2. The summed E-state index contributed by atoms with van der Waals surface area (Å²) in [6.07, 6.45) is 1.69. The minimum atomic E-state index is -0.173. The Morgan fingerprint density at radius 1 is 1.04 bits per heavy atom. The van der Waals surface area contributed by atoms with Gasteiger partial charge in [0.25, 0.3) is 0 Å². The molecule has 1 heterocycles. The van der Waals surface area contributed by atoms with Gasteiger partial charge in [-0.2, -0.15) is 0 Å². The van der Waals surface area contributed by atoms with E-state index in [2.05, 4.69) is 41.8 Å². The number of hydrogen-bond donors (Lipinski definition) is 2. The molecule has 1 unspecified atom stereocenters. The molecule has 2 aromatic carbocycles. The summed E-state index contributed by atoms with van der Waals surface area (Å²) in [7, 11) is 0. The van der Waals surface area contributed by atoms with Crippen LogP contribution < -0.4 is 10.6 Å². The van der Waals surface area contributed by atoms with Gasteiger partial charge in [-0.05, 0) is 42.5 Å². The van der Waals surface area contributed by atoms with Gasteiger partial charge >= 0.3 is 0 Å². The zero-order valence-corrected chi connectivity index (χ0v) is 14.2. The quantitative estimate of drug-likeness (QED) is 0.897. The highest BCUT2D eigenvalue weighted by molar-refractivity contribution is 5.86. The molecule has 0 aliphatic carbocycles.